The van der Waals surface area contributed by atoms with Gasteiger partial charge in [-0.2, -0.15) is 10.4 Å². The number of aromatic nitrogens is 2. The smallest absolute Gasteiger partial charge is 0.255 e. The van der Waals surface area contributed by atoms with Crippen molar-refractivity contribution in [2.45, 2.75) is 39.7 Å². The molecule has 0 spiro atoms. The molecule has 92 valence electrons. The van der Waals surface area contributed by atoms with E-state index in [1.165, 1.54) is 0 Å². The van der Waals surface area contributed by atoms with Crippen molar-refractivity contribution < 1.29 is 4.79 Å². The van der Waals surface area contributed by atoms with E-state index in [0.717, 1.165) is 12.1 Å². The van der Waals surface area contributed by atoms with Gasteiger partial charge >= 0.3 is 0 Å². The molecule has 0 saturated heterocycles. The van der Waals surface area contributed by atoms with Crippen LogP contribution in [0.3, 0.4) is 0 Å². The predicted molar refractivity (Wildman–Crippen MR) is 64.5 cm³/mol. The summed E-state index contributed by atoms with van der Waals surface area (Å²) in [5.41, 5.74) is 2.17. The molecule has 1 amide bonds. The van der Waals surface area contributed by atoms with Crippen LogP contribution in [-0.2, 0) is 7.05 Å². The van der Waals surface area contributed by atoms with Crippen LogP contribution in [0.15, 0.2) is 0 Å². The van der Waals surface area contributed by atoms with Gasteiger partial charge in [0.05, 0.1) is 23.7 Å². The Kier molecular flexibility index (Phi) is 4.27. The van der Waals surface area contributed by atoms with Crippen molar-refractivity contribution in [1.29, 1.82) is 5.26 Å². The molecule has 1 aromatic rings. The Morgan fingerprint density at radius 1 is 1.59 bits per heavy atom. The molecule has 0 aliphatic heterocycles. The number of amides is 1. The Labute approximate surface area is 101 Å². The molecule has 1 aromatic heterocycles. The van der Waals surface area contributed by atoms with Gasteiger partial charge in [-0.3, -0.25) is 9.48 Å². The molecule has 0 fully saturated rings. The van der Waals surface area contributed by atoms with Crippen LogP contribution in [0.4, 0.5) is 0 Å². The number of hydrogen-bond donors (Lipinski definition) is 1. The summed E-state index contributed by atoms with van der Waals surface area (Å²) < 4.78 is 1.69. The van der Waals surface area contributed by atoms with Gasteiger partial charge < -0.3 is 5.32 Å². The molecule has 0 aromatic carbocycles. The molecule has 1 rings (SSSR count). The topological polar surface area (TPSA) is 70.7 Å². The average molecular weight is 234 g/mol. The fourth-order valence-corrected chi connectivity index (χ4v) is 1.77. The number of nitrogens with one attached hydrogen (secondary N) is 1. The van der Waals surface area contributed by atoms with Gasteiger partial charge in [0.15, 0.2) is 0 Å². The third kappa shape index (κ3) is 2.84. The number of hydrogen-bond acceptors (Lipinski definition) is 3. The third-order valence-electron chi connectivity index (χ3n) is 2.90. The lowest BCUT2D eigenvalue weighted by Crippen LogP contribution is -2.34. The van der Waals surface area contributed by atoms with Crippen LogP contribution in [0.5, 0.6) is 0 Å². The summed E-state index contributed by atoms with van der Waals surface area (Å²) in [6, 6.07) is 1.98. The zero-order chi connectivity index (χ0) is 13.0. The maximum Gasteiger partial charge on any atom is 0.255 e. The van der Waals surface area contributed by atoms with Gasteiger partial charge in [0.2, 0.25) is 0 Å². The standard InChI is InChI=1S/C12H18N4O/c1-5-10(6-7-13)14-12(17)11-8(2)15-16(4)9(11)3/h10H,5-6H2,1-4H3,(H,14,17). The van der Waals surface area contributed by atoms with E-state index in [9.17, 15) is 4.79 Å². The molecule has 1 N–H and O–H groups in total. The molecule has 1 atom stereocenters. The summed E-state index contributed by atoms with van der Waals surface area (Å²) in [6.45, 7) is 5.62. The highest BCUT2D eigenvalue weighted by Crippen LogP contribution is 2.12. The van der Waals surface area contributed by atoms with Crippen molar-refractivity contribution in [2.24, 2.45) is 7.05 Å². The molecule has 5 heteroatoms. The predicted octanol–water partition coefficient (Wildman–Crippen LogP) is 1.46. The third-order valence-corrected chi connectivity index (χ3v) is 2.90. The zero-order valence-electron chi connectivity index (χ0n) is 10.7. The Morgan fingerprint density at radius 2 is 2.24 bits per heavy atom. The van der Waals surface area contributed by atoms with E-state index in [-0.39, 0.29) is 11.9 Å². The summed E-state index contributed by atoms with van der Waals surface area (Å²) in [7, 11) is 1.81. The summed E-state index contributed by atoms with van der Waals surface area (Å²) in [5.74, 6) is -0.143. The minimum Gasteiger partial charge on any atom is -0.348 e. The Morgan fingerprint density at radius 3 is 2.65 bits per heavy atom. The number of rotatable bonds is 4. The van der Waals surface area contributed by atoms with Crippen LogP contribution >= 0.6 is 0 Å². The summed E-state index contributed by atoms with van der Waals surface area (Å²) >= 11 is 0. The minimum absolute atomic E-state index is 0.0912. The van der Waals surface area contributed by atoms with Crippen LogP contribution in [-0.4, -0.2) is 21.7 Å². The molecule has 0 bridgehead atoms. The van der Waals surface area contributed by atoms with E-state index in [1.54, 1.807) is 4.68 Å². The van der Waals surface area contributed by atoms with Gasteiger partial charge in [0, 0.05) is 18.8 Å². The molecule has 1 unspecified atom stereocenters. The number of carbonyl (C=O) groups excluding carboxylic acids is 1. The molecule has 0 aliphatic carbocycles. The van der Waals surface area contributed by atoms with Crippen molar-refractivity contribution in [3.63, 3.8) is 0 Å². The van der Waals surface area contributed by atoms with E-state index in [0.29, 0.717) is 17.7 Å². The Bertz CT molecular complexity index is 456. The molecule has 5 nitrogen and oxygen atoms in total. The first-order valence-corrected chi connectivity index (χ1v) is 5.69. The number of carbonyl (C=O) groups is 1. The SMILES string of the molecule is CCC(CC#N)NC(=O)c1c(C)nn(C)c1C. The van der Waals surface area contributed by atoms with Gasteiger partial charge in [-0.15, -0.1) is 0 Å². The van der Waals surface area contributed by atoms with E-state index in [1.807, 2.05) is 27.8 Å². The average Bonchev–Trinajstić information content (AvgIpc) is 2.52. The van der Waals surface area contributed by atoms with Gasteiger partial charge in [0.1, 0.15) is 0 Å². The monoisotopic (exact) mass is 234 g/mol. The van der Waals surface area contributed by atoms with Crippen LogP contribution in [0.1, 0.15) is 41.5 Å². The number of nitriles is 1. The van der Waals surface area contributed by atoms with Crippen LogP contribution in [0.25, 0.3) is 0 Å². The van der Waals surface area contributed by atoms with Gasteiger partial charge in [-0.05, 0) is 20.3 Å². The molecular weight excluding hydrogens is 216 g/mol. The van der Waals surface area contributed by atoms with Crippen LogP contribution in [0.2, 0.25) is 0 Å². The van der Waals surface area contributed by atoms with Crippen LogP contribution in [0, 0.1) is 25.2 Å². The van der Waals surface area contributed by atoms with Gasteiger partial charge in [-0.25, -0.2) is 0 Å². The lowest BCUT2D eigenvalue weighted by atomic mass is 10.1. The van der Waals surface area contributed by atoms with E-state index in [4.69, 9.17) is 5.26 Å². The largest absolute Gasteiger partial charge is 0.348 e. The maximum absolute atomic E-state index is 12.1. The lowest BCUT2D eigenvalue weighted by molar-refractivity contribution is 0.0935. The fourth-order valence-electron chi connectivity index (χ4n) is 1.77. The maximum atomic E-state index is 12.1. The van der Waals surface area contributed by atoms with E-state index in [2.05, 4.69) is 16.5 Å². The van der Waals surface area contributed by atoms with Gasteiger partial charge in [-0.1, -0.05) is 6.92 Å². The molecule has 0 saturated carbocycles. The summed E-state index contributed by atoms with van der Waals surface area (Å²) in [4.78, 5) is 12.1. The number of aryl methyl sites for hydroxylation is 2. The molecule has 17 heavy (non-hydrogen) atoms. The normalized spacial score (nSPS) is 11.9. The summed E-state index contributed by atoms with van der Waals surface area (Å²) in [5, 5.41) is 15.7. The second-order valence-electron chi connectivity index (χ2n) is 4.11. The van der Waals surface area contributed by atoms with Crippen molar-refractivity contribution in [1.82, 2.24) is 15.1 Å². The number of nitrogens with zero attached hydrogens (tertiary/aromatic N) is 3. The first kappa shape index (κ1) is 13.2. The highest BCUT2D eigenvalue weighted by atomic mass is 16.1. The molecule has 0 radical (unpaired) electrons. The second kappa shape index (κ2) is 5.48. The Balaban J connectivity index is 2.87. The summed E-state index contributed by atoms with van der Waals surface area (Å²) in [6.07, 6.45) is 1.08. The lowest BCUT2D eigenvalue weighted by Gasteiger charge is -2.13. The van der Waals surface area contributed by atoms with Crippen molar-refractivity contribution >= 4 is 5.91 Å². The van der Waals surface area contributed by atoms with Crippen molar-refractivity contribution in [3.05, 3.63) is 17.0 Å². The molecule has 1 heterocycles. The Hall–Kier alpha value is -1.83. The van der Waals surface area contributed by atoms with Crippen LogP contribution < -0.4 is 5.32 Å². The second-order valence-corrected chi connectivity index (χ2v) is 4.11. The first-order valence-electron chi connectivity index (χ1n) is 5.69. The van der Waals surface area contributed by atoms with Crippen molar-refractivity contribution in [3.8, 4) is 6.07 Å². The fraction of sp³-hybridized carbons (Fsp3) is 0.583. The highest BCUT2D eigenvalue weighted by Gasteiger charge is 2.19. The highest BCUT2D eigenvalue weighted by molar-refractivity contribution is 5.96. The molecule has 0 aliphatic rings. The van der Waals surface area contributed by atoms with E-state index >= 15 is 0 Å². The first-order chi connectivity index (χ1) is 8.01. The van der Waals surface area contributed by atoms with Crippen molar-refractivity contribution in [2.75, 3.05) is 0 Å². The minimum atomic E-state index is -0.143. The zero-order valence-corrected chi connectivity index (χ0v) is 10.7. The quantitative estimate of drug-likeness (QED) is 0.857. The van der Waals surface area contributed by atoms with E-state index < -0.39 is 0 Å². The van der Waals surface area contributed by atoms with Gasteiger partial charge in [0.25, 0.3) is 5.91 Å². The molecular formula is C12H18N4O.